The van der Waals surface area contributed by atoms with Crippen molar-refractivity contribution in [3.63, 3.8) is 0 Å². The molecule has 0 aliphatic rings. The summed E-state index contributed by atoms with van der Waals surface area (Å²) >= 11 is 1.69. The van der Waals surface area contributed by atoms with Gasteiger partial charge in [-0.1, -0.05) is 59.9 Å². The van der Waals surface area contributed by atoms with Crippen LogP contribution in [0.25, 0.3) is 49.2 Å². The van der Waals surface area contributed by atoms with Gasteiger partial charge in [-0.05, 0) is 16.7 Å². The zero-order valence-corrected chi connectivity index (χ0v) is 16.6. The molecule has 30 heavy (non-hydrogen) atoms. The van der Waals surface area contributed by atoms with Gasteiger partial charge in [0.15, 0.2) is 4.96 Å². The van der Waals surface area contributed by atoms with Crippen LogP contribution in [0, 0.1) is 0 Å². The molecule has 7 heteroatoms. The second-order valence-corrected chi connectivity index (χ2v) is 8.01. The summed E-state index contributed by atoms with van der Waals surface area (Å²) in [6, 6.07) is 16.9. The summed E-state index contributed by atoms with van der Waals surface area (Å²) < 4.78 is 2.10. The summed E-state index contributed by atoms with van der Waals surface area (Å²) in [5, 5.41) is 0. The van der Waals surface area contributed by atoms with Crippen LogP contribution in [0.4, 0.5) is 0 Å². The molecule has 6 aromatic rings. The van der Waals surface area contributed by atoms with Crippen LogP contribution in [0.15, 0.2) is 86.0 Å². The largest absolute Gasteiger partial charge is 0.345 e. The molecule has 4 heterocycles. The van der Waals surface area contributed by atoms with Crippen LogP contribution in [0.3, 0.4) is 0 Å². The van der Waals surface area contributed by atoms with Gasteiger partial charge in [-0.25, -0.2) is 15.0 Å². The molecular formula is C23H16N6S. The first kappa shape index (κ1) is 16.9. The van der Waals surface area contributed by atoms with Crippen molar-refractivity contribution in [1.29, 1.82) is 0 Å². The van der Waals surface area contributed by atoms with Crippen LogP contribution < -0.4 is 0 Å². The average Bonchev–Trinajstić information content (AvgIpc) is 3.58. The molecule has 0 aliphatic heterocycles. The molecule has 4 aromatic heterocycles. The Bertz CT molecular complexity index is 1270. The quantitative estimate of drug-likeness (QED) is 0.404. The third-order valence-corrected chi connectivity index (χ3v) is 6.17. The minimum atomic E-state index is 0.971. The molecule has 0 aliphatic carbocycles. The van der Waals surface area contributed by atoms with Gasteiger partial charge in [0.05, 0.1) is 47.0 Å². The first-order valence-electron chi connectivity index (χ1n) is 9.50. The number of nitrogens with one attached hydrogen (secondary N) is 2. The topological polar surface area (TPSA) is 74.7 Å². The van der Waals surface area contributed by atoms with Gasteiger partial charge in [-0.15, -0.1) is 0 Å². The summed E-state index contributed by atoms with van der Waals surface area (Å²) in [6.45, 7) is 0. The third kappa shape index (κ3) is 2.92. The molecule has 0 unspecified atom stereocenters. The molecule has 0 amide bonds. The van der Waals surface area contributed by atoms with E-state index in [4.69, 9.17) is 4.98 Å². The van der Waals surface area contributed by atoms with E-state index in [2.05, 4.69) is 85.3 Å². The normalized spacial score (nSPS) is 11.3. The number of imidazole rings is 3. The molecule has 0 spiro atoms. The summed E-state index contributed by atoms with van der Waals surface area (Å²) in [5.74, 6) is 0. The molecule has 6 nitrogen and oxygen atoms in total. The number of aromatic nitrogens is 6. The Morgan fingerprint density at radius 1 is 0.667 bits per heavy atom. The predicted molar refractivity (Wildman–Crippen MR) is 119 cm³/mol. The fourth-order valence-electron chi connectivity index (χ4n) is 3.53. The maximum atomic E-state index is 4.83. The Hall–Kier alpha value is -3.97. The number of rotatable bonds is 4. The molecule has 0 atom stereocenters. The number of benzene rings is 2. The van der Waals surface area contributed by atoms with Crippen LogP contribution in [-0.4, -0.2) is 29.3 Å². The summed E-state index contributed by atoms with van der Waals surface area (Å²) in [7, 11) is 0. The molecular weight excluding hydrogens is 392 g/mol. The zero-order chi connectivity index (χ0) is 19.9. The number of fused-ring (bicyclic) bond motifs is 1. The van der Waals surface area contributed by atoms with Gasteiger partial charge in [0.1, 0.15) is 0 Å². The zero-order valence-electron chi connectivity index (χ0n) is 15.8. The van der Waals surface area contributed by atoms with E-state index in [1.807, 2.05) is 12.4 Å². The van der Waals surface area contributed by atoms with Crippen molar-refractivity contribution < 1.29 is 0 Å². The van der Waals surface area contributed by atoms with Crippen molar-refractivity contribution in [3.8, 4) is 44.2 Å². The number of hydrogen-bond donors (Lipinski definition) is 2. The van der Waals surface area contributed by atoms with Crippen molar-refractivity contribution >= 4 is 16.3 Å². The Morgan fingerprint density at radius 3 is 1.77 bits per heavy atom. The first-order chi connectivity index (χ1) is 14.8. The van der Waals surface area contributed by atoms with Crippen LogP contribution in [0.2, 0.25) is 0 Å². The summed E-state index contributed by atoms with van der Waals surface area (Å²) in [5.41, 5.74) is 7.51. The standard InChI is InChI=1S/C23H16N6S/c1-3-17(4-2-15(1)19-9-24-13-26-19)21-11-29-12-22(30-23(29)28-21)18-7-5-16(6-8-18)20-10-25-14-27-20/h1-14H,(H,24,26)(H,25,27). The molecule has 0 saturated carbocycles. The highest BCUT2D eigenvalue weighted by Gasteiger charge is 2.10. The molecule has 0 radical (unpaired) electrons. The molecule has 0 fully saturated rings. The van der Waals surface area contributed by atoms with Crippen molar-refractivity contribution in [2.75, 3.05) is 0 Å². The van der Waals surface area contributed by atoms with Crippen LogP contribution in [-0.2, 0) is 0 Å². The van der Waals surface area contributed by atoms with Crippen molar-refractivity contribution in [1.82, 2.24) is 29.3 Å². The van der Waals surface area contributed by atoms with Crippen molar-refractivity contribution in [2.45, 2.75) is 0 Å². The predicted octanol–water partition coefficient (Wildman–Crippen LogP) is 5.51. The summed E-state index contributed by atoms with van der Waals surface area (Å²) in [4.78, 5) is 21.4. The lowest BCUT2D eigenvalue weighted by atomic mass is 10.1. The van der Waals surface area contributed by atoms with Gasteiger partial charge in [0, 0.05) is 18.0 Å². The highest BCUT2D eigenvalue weighted by atomic mass is 32.1. The van der Waals surface area contributed by atoms with E-state index in [-0.39, 0.29) is 0 Å². The lowest BCUT2D eigenvalue weighted by Crippen LogP contribution is -1.80. The average molecular weight is 408 g/mol. The van der Waals surface area contributed by atoms with E-state index in [0.29, 0.717) is 0 Å². The molecule has 144 valence electrons. The van der Waals surface area contributed by atoms with Crippen LogP contribution >= 0.6 is 11.3 Å². The molecule has 2 aromatic carbocycles. The number of thiazole rings is 1. The van der Waals surface area contributed by atoms with E-state index in [1.54, 1.807) is 24.0 Å². The number of aromatic amines is 2. The van der Waals surface area contributed by atoms with E-state index >= 15 is 0 Å². The van der Waals surface area contributed by atoms with Gasteiger partial charge in [0.2, 0.25) is 0 Å². The number of H-pyrrole nitrogens is 2. The number of nitrogens with zero attached hydrogens (tertiary/aromatic N) is 4. The first-order valence-corrected chi connectivity index (χ1v) is 10.3. The maximum Gasteiger partial charge on any atom is 0.194 e. The highest BCUT2D eigenvalue weighted by Crippen LogP contribution is 2.32. The Kier molecular flexibility index (Phi) is 3.85. The van der Waals surface area contributed by atoms with Crippen LogP contribution in [0.5, 0.6) is 0 Å². The Labute approximate surface area is 175 Å². The Balaban J connectivity index is 1.27. The van der Waals surface area contributed by atoms with Crippen LogP contribution in [0.1, 0.15) is 0 Å². The van der Waals surface area contributed by atoms with E-state index in [0.717, 1.165) is 38.7 Å². The van der Waals surface area contributed by atoms with Gasteiger partial charge >= 0.3 is 0 Å². The smallest absolute Gasteiger partial charge is 0.194 e. The molecule has 6 rings (SSSR count). The fourth-order valence-corrected chi connectivity index (χ4v) is 4.50. The van der Waals surface area contributed by atoms with E-state index in [1.165, 1.54) is 10.4 Å². The minimum Gasteiger partial charge on any atom is -0.345 e. The van der Waals surface area contributed by atoms with Crippen molar-refractivity contribution in [3.05, 3.63) is 86.0 Å². The van der Waals surface area contributed by atoms with Crippen molar-refractivity contribution in [2.24, 2.45) is 0 Å². The minimum absolute atomic E-state index is 0.971. The van der Waals surface area contributed by atoms with Gasteiger partial charge in [0.25, 0.3) is 0 Å². The third-order valence-electron chi connectivity index (χ3n) is 5.12. The Morgan fingerprint density at radius 2 is 1.23 bits per heavy atom. The lowest BCUT2D eigenvalue weighted by Gasteiger charge is -2.01. The maximum absolute atomic E-state index is 4.83. The number of hydrogen-bond acceptors (Lipinski definition) is 4. The van der Waals surface area contributed by atoms with Gasteiger partial charge in [-0.2, -0.15) is 0 Å². The fraction of sp³-hybridized carbons (Fsp3) is 0. The van der Waals surface area contributed by atoms with E-state index in [9.17, 15) is 0 Å². The molecule has 0 bridgehead atoms. The second-order valence-electron chi connectivity index (χ2n) is 7.00. The second kappa shape index (κ2) is 6.82. The van der Waals surface area contributed by atoms with Gasteiger partial charge < -0.3 is 9.97 Å². The summed E-state index contributed by atoms with van der Waals surface area (Å²) in [6.07, 6.45) is 11.3. The lowest BCUT2D eigenvalue weighted by molar-refractivity contribution is 1.23. The monoisotopic (exact) mass is 408 g/mol. The molecule has 2 N–H and O–H groups in total. The van der Waals surface area contributed by atoms with Gasteiger partial charge in [-0.3, -0.25) is 4.40 Å². The van der Waals surface area contributed by atoms with E-state index < -0.39 is 0 Å². The SMILES string of the molecule is c1ncc(-c2ccc(-c3cn4cc(-c5ccc(-c6cnc[nH]6)cc5)sc4n3)cc2)[nH]1. The highest BCUT2D eigenvalue weighted by molar-refractivity contribution is 7.20. The molecule has 0 saturated heterocycles.